The lowest BCUT2D eigenvalue weighted by molar-refractivity contribution is 0.146. The van der Waals surface area contributed by atoms with E-state index in [1.165, 1.54) is 18.4 Å². The Morgan fingerprint density at radius 3 is 2.47 bits per heavy atom. The Labute approximate surface area is 179 Å². The number of methoxy groups -OCH3 is 1. The lowest BCUT2D eigenvalue weighted by atomic mass is 10.1. The third-order valence-corrected chi connectivity index (χ3v) is 5.00. The fourth-order valence-corrected chi connectivity index (χ4v) is 2.97. The number of aliphatic imine (C=N–C) groups is 1. The van der Waals surface area contributed by atoms with Crippen LogP contribution in [0.15, 0.2) is 47.5 Å². The lowest BCUT2D eigenvalue weighted by Crippen LogP contribution is -2.36. The summed E-state index contributed by atoms with van der Waals surface area (Å²) < 4.78 is 16.7. The Balaban J connectivity index is 1.48. The molecule has 0 heterocycles. The van der Waals surface area contributed by atoms with Crippen LogP contribution in [0.1, 0.15) is 29.5 Å². The van der Waals surface area contributed by atoms with Crippen LogP contribution in [0.25, 0.3) is 0 Å². The van der Waals surface area contributed by atoms with Gasteiger partial charge in [0.25, 0.3) is 0 Å². The highest BCUT2D eigenvalue weighted by Gasteiger charge is 2.22. The third-order valence-electron chi connectivity index (χ3n) is 5.00. The summed E-state index contributed by atoms with van der Waals surface area (Å²) >= 11 is 0. The number of ether oxygens (including phenoxy) is 3. The molecule has 6 heteroatoms. The maximum Gasteiger partial charge on any atom is 0.191 e. The molecule has 1 aliphatic rings. The summed E-state index contributed by atoms with van der Waals surface area (Å²) in [6.45, 7) is 5.38. The van der Waals surface area contributed by atoms with E-state index in [2.05, 4.69) is 40.7 Å². The van der Waals surface area contributed by atoms with Gasteiger partial charge in [0, 0.05) is 32.8 Å². The highest BCUT2D eigenvalue weighted by Crippen LogP contribution is 2.30. The van der Waals surface area contributed by atoms with Crippen molar-refractivity contribution in [3.05, 3.63) is 59.2 Å². The molecule has 0 atom stereocenters. The molecule has 30 heavy (non-hydrogen) atoms. The minimum absolute atomic E-state index is 0.552. The van der Waals surface area contributed by atoms with Crippen LogP contribution in [0.5, 0.6) is 11.5 Å². The summed E-state index contributed by atoms with van der Waals surface area (Å²) in [5.41, 5.74) is 3.50. The van der Waals surface area contributed by atoms with E-state index in [-0.39, 0.29) is 0 Å². The molecule has 0 bridgehead atoms. The zero-order chi connectivity index (χ0) is 21.2. The van der Waals surface area contributed by atoms with Crippen LogP contribution in [0.2, 0.25) is 0 Å². The molecule has 0 unspecified atom stereocenters. The summed E-state index contributed by atoms with van der Waals surface area (Å²) in [6, 6.07) is 14.4. The van der Waals surface area contributed by atoms with E-state index in [0.29, 0.717) is 26.3 Å². The van der Waals surface area contributed by atoms with E-state index in [1.807, 2.05) is 24.3 Å². The summed E-state index contributed by atoms with van der Waals surface area (Å²) in [7, 11) is 3.45. The molecule has 1 aliphatic carbocycles. The van der Waals surface area contributed by atoms with Gasteiger partial charge < -0.3 is 24.8 Å². The van der Waals surface area contributed by atoms with Crippen molar-refractivity contribution in [3.63, 3.8) is 0 Å². The molecule has 2 aromatic rings. The summed E-state index contributed by atoms with van der Waals surface area (Å²) in [4.78, 5) is 4.33. The quantitative estimate of drug-likeness (QED) is 0.336. The summed E-state index contributed by atoms with van der Waals surface area (Å²) in [5.74, 6) is 3.30. The van der Waals surface area contributed by atoms with Crippen LogP contribution in [0.4, 0.5) is 0 Å². The van der Waals surface area contributed by atoms with E-state index in [1.54, 1.807) is 14.2 Å². The average molecular weight is 412 g/mol. The molecule has 2 N–H and O–H groups in total. The highest BCUT2D eigenvalue weighted by molar-refractivity contribution is 5.79. The predicted octanol–water partition coefficient (Wildman–Crippen LogP) is 3.67. The van der Waals surface area contributed by atoms with E-state index in [0.717, 1.165) is 41.1 Å². The predicted molar refractivity (Wildman–Crippen MR) is 120 cm³/mol. The molecule has 6 nitrogen and oxygen atoms in total. The second kappa shape index (κ2) is 11.5. The van der Waals surface area contributed by atoms with Gasteiger partial charge >= 0.3 is 0 Å². The van der Waals surface area contributed by atoms with Crippen molar-refractivity contribution in [1.82, 2.24) is 10.6 Å². The number of nitrogens with zero attached hydrogens (tertiary/aromatic N) is 1. The second-order valence-electron chi connectivity index (χ2n) is 7.63. The van der Waals surface area contributed by atoms with Crippen LogP contribution < -0.4 is 20.1 Å². The molecule has 0 aliphatic heterocycles. The van der Waals surface area contributed by atoms with Gasteiger partial charge in [-0.15, -0.1) is 0 Å². The first kappa shape index (κ1) is 22.0. The molecule has 1 saturated carbocycles. The number of benzene rings is 2. The fourth-order valence-electron chi connectivity index (χ4n) is 2.97. The molecule has 1 fully saturated rings. The molecule has 3 rings (SSSR count). The van der Waals surface area contributed by atoms with Crippen LogP contribution in [-0.2, 0) is 17.8 Å². The third kappa shape index (κ3) is 7.26. The summed E-state index contributed by atoms with van der Waals surface area (Å²) in [6.07, 6.45) is 2.58. The normalized spacial score (nSPS) is 13.8. The van der Waals surface area contributed by atoms with Gasteiger partial charge in [-0.3, -0.25) is 4.99 Å². The molecule has 2 aromatic carbocycles. The van der Waals surface area contributed by atoms with Gasteiger partial charge in [0.05, 0.1) is 13.2 Å². The molecule has 0 saturated heterocycles. The monoisotopic (exact) mass is 411 g/mol. The maximum absolute atomic E-state index is 6.06. The van der Waals surface area contributed by atoms with Crippen molar-refractivity contribution in [2.75, 3.05) is 34.0 Å². The van der Waals surface area contributed by atoms with E-state index < -0.39 is 0 Å². The molecule has 0 spiro atoms. The first-order valence-corrected chi connectivity index (χ1v) is 10.6. The van der Waals surface area contributed by atoms with Crippen molar-refractivity contribution < 1.29 is 14.2 Å². The summed E-state index contributed by atoms with van der Waals surface area (Å²) in [5, 5.41) is 6.74. The van der Waals surface area contributed by atoms with E-state index in [4.69, 9.17) is 14.2 Å². The first-order chi connectivity index (χ1) is 14.7. The van der Waals surface area contributed by atoms with Crippen molar-refractivity contribution in [3.8, 4) is 11.5 Å². The number of guanidine groups is 1. The first-order valence-electron chi connectivity index (χ1n) is 10.6. The Morgan fingerprint density at radius 2 is 1.77 bits per heavy atom. The highest BCUT2D eigenvalue weighted by atomic mass is 16.5. The van der Waals surface area contributed by atoms with E-state index in [9.17, 15) is 0 Å². The fraction of sp³-hybridized carbons (Fsp3) is 0.458. The lowest BCUT2D eigenvalue weighted by Gasteiger charge is -2.15. The van der Waals surface area contributed by atoms with Crippen LogP contribution in [-0.4, -0.2) is 39.9 Å². The smallest absolute Gasteiger partial charge is 0.191 e. The number of aryl methyl sites for hydroxylation is 1. The maximum atomic E-state index is 6.06. The standard InChI is InChI=1S/C24H33N3O3/c1-18-4-9-21(23(14-18)30-17-20-5-6-20)16-27-24(25-2)26-15-19-7-10-22(11-8-19)29-13-12-28-3/h4,7-11,14,20H,5-6,12-13,15-17H2,1-3H3,(H2,25,26,27). The zero-order valence-electron chi connectivity index (χ0n) is 18.2. The Morgan fingerprint density at radius 1 is 1.00 bits per heavy atom. The SMILES string of the molecule is CN=C(NCc1ccc(OCCOC)cc1)NCc1ccc(C)cc1OCC1CC1. The van der Waals surface area contributed by atoms with Crippen LogP contribution in [0.3, 0.4) is 0 Å². The minimum Gasteiger partial charge on any atom is -0.493 e. The van der Waals surface area contributed by atoms with Crippen molar-refractivity contribution in [1.29, 1.82) is 0 Å². The minimum atomic E-state index is 0.552. The second-order valence-corrected chi connectivity index (χ2v) is 7.63. The molecular formula is C24H33N3O3. The van der Waals surface area contributed by atoms with Crippen molar-refractivity contribution in [2.24, 2.45) is 10.9 Å². The number of rotatable bonds is 11. The zero-order valence-corrected chi connectivity index (χ0v) is 18.2. The Kier molecular flexibility index (Phi) is 8.39. The van der Waals surface area contributed by atoms with Crippen LogP contribution in [0, 0.1) is 12.8 Å². The Bertz CT molecular complexity index is 817. The molecular weight excluding hydrogens is 378 g/mol. The van der Waals surface area contributed by atoms with Crippen LogP contribution >= 0.6 is 0 Å². The molecule has 162 valence electrons. The topological polar surface area (TPSA) is 64.1 Å². The van der Waals surface area contributed by atoms with Gasteiger partial charge in [-0.05, 0) is 55.0 Å². The Hall–Kier alpha value is -2.73. The molecule has 0 amide bonds. The van der Waals surface area contributed by atoms with E-state index >= 15 is 0 Å². The molecule has 0 radical (unpaired) electrons. The van der Waals surface area contributed by atoms with Gasteiger partial charge in [-0.2, -0.15) is 0 Å². The van der Waals surface area contributed by atoms with Gasteiger partial charge in [-0.1, -0.05) is 24.3 Å². The van der Waals surface area contributed by atoms with Gasteiger partial charge in [0.2, 0.25) is 0 Å². The van der Waals surface area contributed by atoms with Crippen molar-refractivity contribution in [2.45, 2.75) is 32.9 Å². The number of hydrogen-bond acceptors (Lipinski definition) is 4. The van der Waals surface area contributed by atoms with Crippen molar-refractivity contribution >= 4 is 5.96 Å². The number of hydrogen-bond donors (Lipinski definition) is 2. The van der Waals surface area contributed by atoms with Gasteiger partial charge in [0.1, 0.15) is 18.1 Å². The molecule has 0 aromatic heterocycles. The van der Waals surface area contributed by atoms with Gasteiger partial charge in [-0.25, -0.2) is 0 Å². The van der Waals surface area contributed by atoms with Gasteiger partial charge in [0.15, 0.2) is 5.96 Å². The number of nitrogens with one attached hydrogen (secondary N) is 2. The average Bonchev–Trinajstić information content (AvgIpc) is 3.59. The largest absolute Gasteiger partial charge is 0.493 e.